The highest BCUT2D eigenvalue weighted by Gasteiger charge is 2.28. The van der Waals surface area contributed by atoms with Crippen LogP contribution in [0.5, 0.6) is 0 Å². The number of benzene rings is 4. The molecule has 204 valence electrons. The van der Waals surface area contributed by atoms with Crippen molar-refractivity contribution in [1.29, 1.82) is 0 Å². The van der Waals surface area contributed by atoms with Crippen LogP contribution in [0.15, 0.2) is 91.1 Å². The number of fused-ring (bicyclic) bond motifs is 5. The fourth-order valence-corrected chi connectivity index (χ4v) is 8.31. The van der Waals surface area contributed by atoms with E-state index in [1.54, 1.807) is 0 Å². The first kappa shape index (κ1) is 26.6. The van der Waals surface area contributed by atoms with Crippen molar-refractivity contribution >= 4 is 65.6 Å². The van der Waals surface area contributed by atoms with Crippen molar-refractivity contribution in [3.05, 3.63) is 125 Å². The second-order valence-corrected chi connectivity index (χ2v) is 12.9. The third-order valence-corrected chi connectivity index (χ3v) is 9.81. The van der Waals surface area contributed by atoms with Gasteiger partial charge in [-0.3, -0.25) is 4.98 Å². The first-order valence-electron chi connectivity index (χ1n) is 14.6. The number of thiophene rings is 1. The Hall–Kier alpha value is -4.28. The summed E-state index contributed by atoms with van der Waals surface area (Å²) < 4.78 is 2.46. The van der Waals surface area contributed by atoms with E-state index in [9.17, 15) is 0 Å². The predicted octanol–water partition coefficient (Wildman–Crippen LogP) is 8.03. The fourth-order valence-electron chi connectivity index (χ4n) is 7.10. The van der Waals surface area contributed by atoms with E-state index in [4.69, 9.17) is 9.97 Å². The van der Waals surface area contributed by atoms with Gasteiger partial charge in [0.15, 0.2) is 0 Å². The molecule has 0 spiro atoms. The summed E-state index contributed by atoms with van der Waals surface area (Å²) in [6.45, 7) is 13.6. The van der Waals surface area contributed by atoms with Gasteiger partial charge < -0.3 is 0 Å². The van der Waals surface area contributed by atoms with Crippen molar-refractivity contribution in [3.63, 3.8) is 0 Å². The van der Waals surface area contributed by atoms with Crippen LogP contribution in [0.25, 0.3) is 42.5 Å². The first-order valence-corrected chi connectivity index (χ1v) is 15.4. The van der Waals surface area contributed by atoms with Crippen molar-refractivity contribution in [2.75, 3.05) is 0 Å². The molecule has 0 saturated carbocycles. The molecule has 0 aliphatic heterocycles. The molecule has 2 nitrogen and oxygen atoms in total. The molecule has 4 aromatic carbocycles. The van der Waals surface area contributed by atoms with Gasteiger partial charge in [-0.05, 0) is 59.7 Å². The van der Waals surface area contributed by atoms with Crippen LogP contribution in [-0.4, -0.2) is 16.7 Å². The summed E-state index contributed by atoms with van der Waals surface area (Å²) in [5.74, 6) is 0. The lowest BCUT2D eigenvalue weighted by molar-refractivity contribution is 1.34. The Bertz CT molecular complexity index is 2050. The van der Waals surface area contributed by atoms with E-state index in [1.165, 1.54) is 69.9 Å². The summed E-state index contributed by atoms with van der Waals surface area (Å²) in [4.78, 5) is 9.94. The molecule has 0 N–H and O–H groups in total. The molecule has 0 radical (unpaired) electrons. The molecule has 0 aliphatic carbocycles. The van der Waals surface area contributed by atoms with E-state index >= 15 is 0 Å². The zero-order chi connectivity index (χ0) is 29.1. The largest absolute Gasteiger partial charge is 0.254 e. The third-order valence-electron chi connectivity index (χ3n) is 8.64. The lowest BCUT2D eigenvalue weighted by Gasteiger charge is -2.24. The van der Waals surface area contributed by atoms with E-state index in [-0.39, 0.29) is 6.71 Å². The van der Waals surface area contributed by atoms with Crippen LogP contribution in [-0.2, 0) is 0 Å². The van der Waals surface area contributed by atoms with Crippen LogP contribution in [0.2, 0.25) is 0 Å². The minimum Gasteiger partial charge on any atom is -0.254 e. The molecular formula is C38H33BN2S. The van der Waals surface area contributed by atoms with Crippen molar-refractivity contribution in [2.24, 2.45) is 0 Å². The monoisotopic (exact) mass is 560 g/mol. The van der Waals surface area contributed by atoms with Crippen LogP contribution < -0.4 is 16.4 Å². The first-order chi connectivity index (χ1) is 20.3. The predicted molar refractivity (Wildman–Crippen MR) is 184 cm³/mol. The smallest absolute Gasteiger partial charge is 0.242 e. The molecule has 0 unspecified atom stereocenters. The molecule has 0 bridgehead atoms. The number of aryl methyl sites for hydroxylation is 6. The topological polar surface area (TPSA) is 25.8 Å². The SMILES string of the molecule is Cc1cc(C)c(B(c2ccc(-c3nc4cccnc4c4c3sc3ccccc34)cc2)c2c(C)cc(C)cc2C)c(C)c1. The van der Waals surface area contributed by atoms with Crippen molar-refractivity contribution in [2.45, 2.75) is 41.5 Å². The van der Waals surface area contributed by atoms with Gasteiger partial charge >= 0.3 is 0 Å². The Balaban J connectivity index is 1.45. The van der Waals surface area contributed by atoms with Crippen LogP contribution in [0.4, 0.5) is 0 Å². The molecule has 4 heteroatoms. The quantitative estimate of drug-likeness (QED) is 0.204. The van der Waals surface area contributed by atoms with Crippen LogP contribution in [0.1, 0.15) is 33.4 Å². The number of hydrogen-bond acceptors (Lipinski definition) is 3. The molecule has 0 aliphatic rings. The Kier molecular flexibility index (Phi) is 6.48. The third kappa shape index (κ3) is 4.33. The maximum atomic E-state index is 5.18. The Morgan fingerprint density at radius 1 is 0.643 bits per heavy atom. The maximum absolute atomic E-state index is 5.18. The highest BCUT2D eigenvalue weighted by Crippen LogP contribution is 2.41. The highest BCUT2D eigenvalue weighted by molar-refractivity contribution is 7.26. The van der Waals surface area contributed by atoms with E-state index in [1.807, 2.05) is 23.6 Å². The van der Waals surface area contributed by atoms with E-state index in [0.29, 0.717) is 0 Å². The van der Waals surface area contributed by atoms with E-state index < -0.39 is 0 Å². The molecule has 0 saturated heterocycles. The molecule has 3 aromatic heterocycles. The van der Waals surface area contributed by atoms with Crippen molar-refractivity contribution in [3.8, 4) is 11.3 Å². The van der Waals surface area contributed by atoms with Crippen LogP contribution in [0, 0.1) is 41.5 Å². The molecule has 0 atom stereocenters. The molecule has 0 amide bonds. The normalized spacial score (nSPS) is 11.6. The zero-order valence-electron chi connectivity index (χ0n) is 25.0. The molecule has 3 heterocycles. The molecular weight excluding hydrogens is 527 g/mol. The van der Waals surface area contributed by atoms with Gasteiger partial charge in [0, 0.05) is 27.2 Å². The lowest BCUT2D eigenvalue weighted by atomic mass is 9.34. The van der Waals surface area contributed by atoms with Gasteiger partial charge in [-0.25, -0.2) is 4.98 Å². The number of pyridine rings is 2. The van der Waals surface area contributed by atoms with Gasteiger partial charge in [-0.2, -0.15) is 0 Å². The standard InChI is InChI=1S/C38H33BN2S/c1-22-18-24(3)34(25(4)19-22)39(35-26(5)20-23(2)21-27(35)6)29-15-13-28(14-16-29)36-38-33(30-10-7-8-12-32(30)42-38)37-31(41-36)11-9-17-40-37/h7-21H,1-6H3. The maximum Gasteiger partial charge on any atom is 0.242 e. The van der Waals surface area contributed by atoms with Gasteiger partial charge in [0.1, 0.15) is 0 Å². The summed E-state index contributed by atoms with van der Waals surface area (Å²) in [5, 5.41) is 2.45. The fraction of sp³-hybridized carbons (Fsp3) is 0.158. The van der Waals surface area contributed by atoms with Gasteiger partial charge in [-0.15, -0.1) is 11.3 Å². The minimum absolute atomic E-state index is 0.151. The van der Waals surface area contributed by atoms with E-state index in [2.05, 4.69) is 120 Å². The van der Waals surface area contributed by atoms with Gasteiger partial charge in [0.2, 0.25) is 6.71 Å². The molecule has 42 heavy (non-hydrogen) atoms. The summed E-state index contributed by atoms with van der Waals surface area (Å²) in [5.41, 5.74) is 16.2. The lowest BCUT2D eigenvalue weighted by Crippen LogP contribution is -2.55. The van der Waals surface area contributed by atoms with Gasteiger partial charge in [0.25, 0.3) is 0 Å². The Labute approximate surface area is 252 Å². The summed E-state index contributed by atoms with van der Waals surface area (Å²) in [6, 6.07) is 31.2. The Morgan fingerprint density at radius 3 is 1.86 bits per heavy atom. The van der Waals surface area contributed by atoms with Crippen LogP contribution >= 0.6 is 11.3 Å². The summed E-state index contributed by atoms with van der Waals surface area (Å²) in [6.07, 6.45) is 1.87. The highest BCUT2D eigenvalue weighted by atomic mass is 32.1. The number of hydrogen-bond donors (Lipinski definition) is 0. The Morgan fingerprint density at radius 2 is 1.24 bits per heavy atom. The molecule has 0 fully saturated rings. The van der Waals surface area contributed by atoms with E-state index in [0.717, 1.165) is 22.3 Å². The summed E-state index contributed by atoms with van der Waals surface area (Å²) >= 11 is 1.81. The number of rotatable bonds is 4. The van der Waals surface area contributed by atoms with Crippen LogP contribution in [0.3, 0.4) is 0 Å². The van der Waals surface area contributed by atoms with Crippen molar-refractivity contribution < 1.29 is 0 Å². The second-order valence-electron chi connectivity index (χ2n) is 11.8. The number of nitrogens with zero attached hydrogens (tertiary/aromatic N) is 2. The average molecular weight is 561 g/mol. The summed E-state index contributed by atoms with van der Waals surface area (Å²) in [7, 11) is 0. The van der Waals surface area contributed by atoms with Gasteiger partial charge in [0.05, 0.1) is 21.4 Å². The minimum atomic E-state index is 0.151. The van der Waals surface area contributed by atoms with Crippen molar-refractivity contribution in [1.82, 2.24) is 9.97 Å². The molecule has 7 rings (SSSR count). The second kappa shape index (κ2) is 10.2. The van der Waals surface area contributed by atoms with Gasteiger partial charge in [-0.1, -0.05) is 116 Å². The zero-order valence-corrected chi connectivity index (χ0v) is 25.9. The molecule has 7 aromatic rings. The average Bonchev–Trinajstić information content (AvgIpc) is 3.35. The number of aromatic nitrogens is 2.